The summed E-state index contributed by atoms with van der Waals surface area (Å²) in [5, 5.41) is 20.7. The first kappa shape index (κ1) is 13.4. The van der Waals surface area contributed by atoms with Gasteiger partial charge < -0.3 is 15.5 Å². The van der Waals surface area contributed by atoms with Crippen molar-refractivity contribution < 1.29 is 15.0 Å². The lowest BCUT2D eigenvalue weighted by molar-refractivity contribution is -0.141. The summed E-state index contributed by atoms with van der Waals surface area (Å²) in [6.07, 6.45) is 0.864. The Morgan fingerprint density at radius 1 is 1.36 bits per heavy atom. The Kier molecular flexibility index (Phi) is 6.49. The van der Waals surface area contributed by atoms with Crippen LogP contribution in [0.5, 0.6) is 0 Å². The molecular formula is C10H21NO3. The van der Waals surface area contributed by atoms with Crippen LogP contribution in [0.2, 0.25) is 0 Å². The standard InChI is InChI=1S/C10H21NO3/c1-7(2)4-9(6-12)11-5-8(3)10(13)14/h7-9,11-12H,4-6H2,1-3H3,(H,13,14). The van der Waals surface area contributed by atoms with Crippen molar-refractivity contribution in [1.29, 1.82) is 0 Å². The number of aliphatic hydroxyl groups is 1. The summed E-state index contributed by atoms with van der Waals surface area (Å²) >= 11 is 0. The van der Waals surface area contributed by atoms with Crippen LogP contribution in [-0.2, 0) is 4.79 Å². The summed E-state index contributed by atoms with van der Waals surface area (Å²) in [6, 6.07) is 0.0109. The van der Waals surface area contributed by atoms with E-state index < -0.39 is 11.9 Å². The van der Waals surface area contributed by atoms with E-state index in [1.165, 1.54) is 0 Å². The van der Waals surface area contributed by atoms with Crippen LogP contribution in [-0.4, -0.2) is 35.4 Å². The molecule has 0 bridgehead atoms. The SMILES string of the molecule is CC(C)CC(CO)NCC(C)C(=O)O. The van der Waals surface area contributed by atoms with Gasteiger partial charge in [-0.1, -0.05) is 20.8 Å². The predicted octanol–water partition coefficient (Wildman–Crippen LogP) is 0.704. The van der Waals surface area contributed by atoms with Gasteiger partial charge in [0.05, 0.1) is 12.5 Å². The number of hydrogen-bond acceptors (Lipinski definition) is 3. The fourth-order valence-electron chi connectivity index (χ4n) is 1.22. The summed E-state index contributed by atoms with van der Waals surface area (Å²) in [4.78, 5) is 10.5. The van der Waals surface area contributed by atoms with Crippen LogP contribution in [0.25, 0.3) is 0 Å². The van der Waals surface area contributed by atoms with E-state index >= 15 is 0 Å². The first-order valence-corrected chi connectivity index (χ1v) is 5.04. The minimum atomic E-state index is -0.807. The fourth-order valence-corrected chi connectivity index (χ4v) is 1.22. The molecule has 0 heterocycles. The van der Waals surface area contributed by atoms with Crippen molar-refractivity contribution in [2.45, 2.75) is 33.2 Å². The molecule has 2 atom stereocenters. The van der Waals surface area contributed by atoms with Crippen molar-refractivity contribution in [3.63, 3.8) is 0 Å². The molecule has 0 aliphatic rings. The predicted molar refractivity (Wildman–Crippen MR) is 55.1 cm³/mol. The maximum atomic E-state index is 10.5. The van der Waals surface area contributed by atoms with E-state index in [4.69, 9.17) is 10.2 Å². The van der Waals surface area contributed by atoms with Crippen LogP contribution in [0, 0.1) is 11.8 Å². The Morgan fingerprint density at radius 3 is 2.29 bits per heavy atom. The Hall–Kier alpha value is -0.610. The van der Waals surface area contributed by atoms with Crippen LogP contribution < -0.4 is 5.32 Å². The molecular weight excluding hydrogens is 182 g/mol. The van der Waals surface area contributed by atoms with Gasteiger partial charge >= 0.3 is 5.97 Å². The van der Waals surface area contributed by atoms with E-state index in [9.17, 15) is 4.79 Å². The van der Waals surface area contributed by atoms with Gasteiger partial charge in [-0.25, -0.2) is 0 Å². The van der Waals surface area contributed by atoms with Crippen molar-refractivity contribution in [3.8, 4) is 0 Å². The highest BCUT2D eigenvalue weighted by molar-refractivity contribution is 5.69. The van der Waals surface area contributed by atoms with Gasteiger partial charge in [-0.3, -0.25) is 4.79 Å². The molecule has 0 amide bonds. The Morgan fingerprint density at radius 2 is 1.93 bits per heavy atom. The van der Waals surface area contributed by atoms with Gasteiger partial charge in [0.1, 0.15) is 0 Å². The fraction of sp³-hybridized carbons (Fsp3) is 0.900. The van der Waals surface area contributed by atoms with Crippen LogP contribution >= 0.6 is 0 Å². The normalized spacial score (nSPS) is 15.5. The lowest BCUT2D eigenvalue weighted by Gasteiger charge is -2.19. The van der Waals surface area contributed by atoms with Crippen molar-refractivity contribution in [2.75, 3.05) is 13.2 Å². The van der Waals surface area contributed by atoms with Gasteiger partial charge in [-0.2, -0.15) is 0 Å². The summed E-state index contributed by atoms with van der Waals surface area (Å²) < 4.78 is 0. The number of carbonyl (C=O) groups is 1. The van der Waals surface area contributed by atoms with Gasteiger partial charge in [0.15, 0.2) is 0 Å². The number of hydrogen-bond donors (Lipinski definition) is 3. The summed E-state index contributed by atoms with van der Waals surface area (Å²) in [5.74, 6) is -0.713. The molecule has 2 unspecified atom stereocenters. The number of rotatable bonds is 7. The van der Waals surface area contributed by atoms with Crippen LogP contribution in [0.1, 0.15) is 27.2 Å². The van der Waals surface area contributed by atoms with Crippen LogP contribution in [0.4, 0.5) is 0 Å². The molecule has 0 aliphatic heterocycles. The van der Waals surface area contributed by atoms with Crippen molar-refractivity contribution in [3.05, 3.63) is 0 Å². The highest BCUT2D eigenvalue weighted by atomic mass is 16.4. The molecule has 3 N–H and O–H groups in total. The van der Waals surface area contributed by atoms with Crippen molar-refractivity contribution in [2.24, 2.45) is 11.8 Å². The smallest absolute Gasteiger partial charge is 0.307 e. The third-order valence-corrected chi connectivity index (χ3v) is 2.11. The van der Waals surface area contributed by atoms with Gasteiger partial charge in [0, 0.05) is 12.6 Å². The van der Waals surface area contributed by atoms with Gasteiger partial charge in [0.25, 0.3) is 0 Å². The average molecular weight is 203 g/mol. The Labute approximate surface area is 85.3 Å². The molecule has 4 heteroatoms. The van der Waals surface area contributed by atoms with Crippen molar-refractivity contribution >= 4 is 5.97 Å². The highest BCUT2D eigenvalue weighted by Crippen LogP contribution is 2.04. The van der Waals surface area contributed by atoms with Crippen molar-refractivity contribution in [1.82, 2.24) is 5.32 Å². The van der Waals surface area contributed by atoms with Crippen LogP contribution in [0.3, 0.4) is 0 Å². The molecule has 0 radical (unpaired) electrons. The molecule has 84 valence electrons. The number of carboxylic acid groups (broad SMARTS) is 1. The van der Waals surface area contributed by atoms with Gasteiger partial charge in [-0.15, -0.1) is 0 Å². The number of aliphatic carboxylic acids is 1. The zero-order valence-corrected chi connectivity index (χ0v) is 9.16. The molecule has 0 rings (SSSR count). The second-order valence-corrected chi connectivity index (χ2v) is 4.16. The maximum absolute atomic E-state index is 10.5. The molecule has 0 saturated carbocycles. The molecule has 0 aliphatic carbocycles. The molecule has 0 fully saturated rings. The van der Waals surface area contributed by atoms with E-state index in [2.05, 4.69) is 19.2 Å². The third-order valence-electron chi connectivity index (χ3n) is 2.11. The minimum absolute atomic E-state index is 0.0109. The lowest BCUT2D eigenvalue weighted by atomic mass is 10.0. The number of aliphatic hydroxyl groups excluding tert-OH is 1. The largest absolute Gasteiger partial charge is 0.481 e. The van der Waals surface area contributed by atoms with E-state index in [0.717, 1.165) is 6.42 Å². The summed E-state index contributed by atoms with van der Waals surface area (Å²) in [5.41, 5.74) is 0. The Balaban J connectivity index is 3.77. The highest BCUT2D eigenvalue weighted by Gasteiger charge is 2.14. The topological polar surface area (TPSA) is 69.6 Å². The zero-order valence-electron chi connectivity index (χ0n) is 9.16. The summed E-state index contributed by atoms with van der Waals surface area (Å²) in [7, 11) is 0. The molecule has 0 aromatic carbocycles. The number of carboxylic acids is 1. The lowest BCUT2D eigenvalue weighted by Crippen LogP contribution is -2.38. The summed E-state index contributed by atoms with van der Waals surface area (Å²) in [6.45, 7) is 6.27. The third kappa shape index (κ3) is 5.94. The Bertz CT molecular complexity index is 171. The second kappa shape index (κ2) is 6.79. The molecule has 0 aromatic heterocycles. The maximum Gasteiger partial charge on any atom is 0.307 e. The minimum Gasteiger partial charge on any atom is -0.481 e. The molecule has 14 heavy (non-hydrogen) atoms. The van der Waals surface area contributed by atoms with Gasteiger partial charge in [0.2, 0.25) is 0 Å². The van der Waals surface area contributed by atoms with Crippen LogP contribution in [0.15, 0.2) is 0 Å². The number of nitrogens with one attached hydrogen (secondary N) is 1. The average Bonchev–Trinajstić information content (AvgIpc) is 2.10. The van der Waals surface area contributed by atoms with Gasteiger partial charge in [-0.05, 0) is 12.3 Å². The second-order valence-electron chi connectivity index (χ2n) is 4.16. The molecule has 0 saturated heterocycles. The quantitative estimate of drug-likeness (QED) is 0.570. The zero-order chi connectivity index (χ0) is 11.1. The van der Waals surface area contributed by atoms with E-state index in [1.54, 1.807) is 6.92 Å². The molecule has 0 spiro atoms. The monoisotopic (exact) mass is 203 g/mol. The van der Waals surface area contributed by atoms with E-state index in [-0.39, 0.29) is 12.6 Å². The molecule has 0 aromatic rings. The first-order chi connectivity index (χ1) is 6.47. The van der Waals surface area contributed by atoms with E-state index in [1.807, 2.05) is 0 Å². The first-order valence-electron chi connectivity index (χ1n) is 5.04. The molecule has 4 nitrogen and oxygen atoms in total. The van der Waals surface area contributed by atoms with E-state index in [0.29, 0.717) is 12.5 Å².